The Balaban J connectivity index is 1.42. The van der Waals surface area contributed by atoms with Crippen LogP contribution >= 0.6 is 11.6 Å². The van der Waals surface area contributed by atoms with Gasteiger partial charge in [0, 0.05) is 6.04 Å². The predicted octanol–water partition coefficient (Wildman–Crippen LogP) is 3.23. The van der Waals surface area contributed by atoms with Gasteiger partial charge in [-0.2, -0.15) is 5.10 Å². The highest BCUT2D eigenvalue weighted by atomic mass is 35.5. The van der Waals surface area contributed by atoms with Crippen LogP contribution in [-0.2, 0) is 11.3 Å². The largest absolute Gasteiger partial charge is 0.394 e. The van der Waals surface area contributed by atoms with Crippen LogP contribution in [0.4, 0.5) is 5.69 Å². The summed E-state index contributed by atoms with van der Waals surface area (Å²) in [4.78, 5) is 25.2. The number of anilines is 1. The lowest BCUT2D eigenvalue weighted by atomic mass is 9.45. The average molecular weight is 459 g/mol. The molecule has 0 saturated heterocycles. The number of hydrogen-bond donors (Lipinski definition) is 3. The molecule has 0 aliphatic heterocycles. The summed E-state index contributed by atoms with van der Waals surface area (Å²) in [5, 5.41) is 20.0. The maximum atomic E-state index is 12.7. The van der Waals surface area contributed by atoms with Crippen molar-refractivity contribution in [2.75, 3.05) is 11.9 Å². The molecule has 0 unspecified atom stereocenters. The highest BCUT2D eigenvalue weighted by Crippen LogP contribution is 2.61. The minimum absolute atomic E-state index is 0.0419. The van der Waals surface area contributed by atoms with Crippen molar-refractivity contribution in [3.63, 3.8) is 0 Å². The molecule has 5 rings (SSSR count). The SMILES string of the molecule is C[C@@H]1[C@H]2C[C@@H](C[C@H]1Nc1cnn(CC(=O)N[C@@H](CO)c3ccccc3)c(=O)c1Cl)C2(C)C. The van der Waals surface area contributed by atoms with E-state index in [0.717, 1.165) is 16.7 Å². The number of nitrogens with one attached hydrogen (secondary N) is 2. The molecule has 3 N–H and O–H groups in total. The van der Waals surface area contributed by atoms with Gasteiger partial charge in [-0.3, -0.25) is 9.59 Å². The van der Waals surface area contributed by atoms with Crippen molar-refractivity contribution < 1.29 is 9.90 Å². The van der Waals surface area contributed by atoms with Gasteiger partial charge >= 0.3 is 0 Å². The van der Waals surface area contributed by atoms with Crippen LogP contribution in [0.3, 0.4) is 0 Å². The molecule has 1 heterocycles. The van der Waals surface area contributed by atoms with Crippen LogP contribution in [0.2, 0.25) is 5.02 Å². The minimum Gasteiger partial charge on any atom is -0.394 e. The topological polar surface area (TPSA) is 96.2 Å². The Morgan fingerprint density at radius 2 is 2.03 bits per heavy atom. The van der Waals surface area contributed by atoms with E-state index in [1.165, 1.54) is 12.6 Å². The lowest BCUT2D eigenvalue weighted by Gasteiger charge is -2.62. The van der Waals surface area contributed by atoms with E-state index in [9.17, 15) is 14.7 Å². The van der Waals surface area contributed by atoms with Crippen LogP contribution in [-0.4, -0.2) is 33.4 Å². The van der Waals surface area contributed by atoms with Crippen LogP contribution in [0, 0.1) is 23.2 Å². The van der Waals surface area contributed by atoms with Gasteiger partial charge < -0.3 is 15.7 Å². The van der Waals surface area contributed by atoms with E-state index < -0.39 is 17.5 Å². The van der Waals surface area contributed by atoms with Gasteiger partial charge in [-0.25, -0.2) is 4.68 Å². The summed E-state index contributed by atoms with van der Waals surface area (Å²) in [6.45, 7) is 6.42. The third kappa shape index (κ3) is 4.16. The Kier molecular flexibility index (Phi) is 6.32. The van der Waals surface area contributed by atoms with Crippen LogP contribution in [0.1, 0.15) is 45.2 Å². The van der Waals surface area contributed by atoms with Gasteiger partial charge in [0.1, 0.15) is 11.6 Å². The monoisotopic (exact) mass is 458 g/mol. The molecule has 3 fully saturated rings. The fourth-order valence-corrected chi connectivity index (χ4v) is 5.72. The molecule has 8 heteroatoms. The summed E-state index contributed by atoms with van der Waals surface area (Å²) >= 11 is 6.37. The fraction of sp³-hybridized carbons (Fsp3) is 0.542. The van der Waals surface area contributed by atoms with E-state index in [1.54, 1.807) is 0 Å². The molecule has 0 spiro atoms. The van der Waals surface area contributed by atoms with Crippen molar-refractivity contribution in [3.8, 4) is 0 Å². The molecule has 5 atom stereocenters. The van der Waals surface area contributed by atoms with Gasteiger partial charge in [-0.05, 0) is 41.6 Å². The van der Waals surface area contributed by atoms with Crippen molar-refractivity contribution in [3.05, 3.63) is 57.5 Å². The molecule has 3 aliphatic carbocycles. The highest BCUT2D eigenvalue weighted by Gasteiger charge is 2.56. The Morgan fingerprint density at radius 1 is 1.31 bits per heavy atom. The zero-order chi connectivity index (χ0) is 23.0. The molecular weight excluding hydrogens is 428 g/mol. The number of carbonyl (C=O) groups is 1. The van der Waals surface area contributed by atoms with E-state index in [-0.39, 0.29) is 24.2 Å². The summed E-state index contributed by atoms with van der Waals surface area (Å²) in [6.07, 6.45) is 3.84. The fourth-order valence-electron chi connectivity index (χ4n) is 5.51. The lowest BCUT2D eigenvalue weighted by molar-refractivity contribution is -0.123. The van der Waals surface area contributed by atoms with E-state index in [2.05, 4.69) is 36.5 Å². The molecule has 1 aromatic heterocycles. The van der Waals surface area contributed by atoms with Crippen LogP contribution in [0.15, 0.2) is 41.3 Å². The second kappa shape index (κ2) is 8.87. The molecule has 3 aliphatic rings. The molecule has 172 valence electrons. The predicted molar refractivity (Wildman–Crippen MR) is 124 cm³/mol. The van der Waals surface area contributed by atoms with Gasteiger partial charge in [0.05, 0.1) is 24.5 Å². The third-order valence-corrected chi connectivity index (χ3v) is 8.06. The average Bonchev–Trinajstić information content (AvgIpc) is 2.78. The number of aliphatic hydroxyl groups is 1. The molecule has 1 amide bonds. The summed E-state index contributed by atoms with van der Waals surface area (Å²) in [7, 11) is 0. The second-order valence-corrected chi connectivity index (χ2v) is 10.1. The lowest BCUT2D eigenvalue weighted by Crippen LogP contribution is -2.58. The summed E-state index contributed by atoms with van der Waals surface area (Å²) in [6, 6.07) is 8.86. The van der Waals surface area contributed by atoms with Gasteiger partial charge in [0.25, 0.3) is 5.56 Å². The van der Waals surface area contributed by atoms with E-state index in [0.29, 0.717) is 28.9 Å². The first kappa shape index (κ1) is 22.8. The first-order chi connectivity index (χ1) is 15.2. The number of rotatable bonds is 7. The van der Waals surface area contributed by atoms with E-state index in [4.69, 9.17) is 11.6 Å². The molecule has 32 heavy (non-hydrogen) atoms. The smallest absolute Gasteiger partial charge is 0.288 e. The van der Waals surface area contributed by atoms with Gasteiger partial charge in [-0.15, -0.1) is 0 Å². The van der Waals surface area contributed by atoms with Crippen LogP contribution in [0.5, 0.6) is 0 Å². The van der Waals surface area contributed by atoms with Gasteiger partial charge in [-0.1, -0.05) is 62.7 Å². The quantitative estimate of drug-likeness (QED) is 0.592. The number of halogens is 1. The zero-order valence-corrected chi connectivity index (χ0v) is 19.5. The molecular formula is C24H31ClN4O3. The number of hydrogen-bond acceptors (Lipinski definition) is 5. The first-order valence-corrected chi connectivity index (χ1v) is 11.6. The maximum Gasteiger partial charge on any atom is 0.288 e. The molecule has 1 aromatic carbocycles. The Hall–Kier alpha value is -2.38. The maximum absolute atomic E-state index is 12.7. The normalized spacial score (nSPS) is 26.7. The standard InChI is InChI=1S/C24H31ClN4O3/c1-14-17-9-16(24(17,2)3)10-18(14)27-19-11-26-29(23(32)22(19)25)12-21(31)28-20(13-30)15-7-5-4-6-8-15/h4-8,11,14,16-18,20,27,30H,9-10,12-13H2,1-3H3,(H,28,31)/t14-,16+,17-,18-,20+/m1/s1. The number of carbonyl (C=O) groups excluding carboxylic acids is 1. The second-order valence-electron chi connectivity index (χ2n) is 9.75. The number of benzene rings is 1. The van der Waals surface area contributed by atoms with Gasteiger partial charge in [0.2, 0.25) is 5.91 Å². The van der Waals surface area contributed by atoms with Crippen molar-refractivity contribution in [1.82, 2.24) is 15.1 Å². The zero-order valence-electron chi connectivity index (χ0n) is 18.7. The number of amides is 1. The summed E-state index contributed by atoms with van der Waals surface area (Å²) in [5.74, 6) is 1.40. The molecule has 2 aromatic rings. The van der Waals surface area contributed by atoms with E-state index in [1.807, 2.05) is 30.3 Å². The number of nitrogens with zero attached hydrogens (tertiary/aromatic N) is 2. The molecule has 7 nitrogen and oxygen atoms in total. The summed E-state index contributed by atoms with van der Waals surface area (Å²) in [5.41, 5.74) is 1.16. The van der Waals surface area contributed by atoms with Crippen LogP contribution in [0.25, 0.3) is 0 Å². The summed E-state index contributed by atoms with van der Waals surface area (Å²) < 4.78 is 1.05. The molecule has 3 saturated carbocycles. The van der Waals surface area contributed by atoms with Gasteiger partial charge in [0.15, 0.2) is 0 Å². The minimum atomic E-state index is -0.556. The van der Waals surface area contributed by atoms with Crippen molar-refractivity contribution >= 4 is 23.2 Å². The first-order valence-electron chi connectivity index (χ1n) is 11.2. The van der Waals surface area contributed by atoms with E-state index >= 15 is 0 Å². The Morgan fingerprint density at radius 3 is 2.66 bits per heavy atom. The Labute approximate surface area is 193 Å². The highest BCUT2D eigenvalue weighted by molar-refractivity contribution is 6.32. The van der Waals surface area contributed by atoms with Crippen LogP contribution < -0.4 is 16.2 Å². The third-order valence-electron chi connectivity index (χ3n) is 7.69. The molecule has 2 bridgehead atoms. The van der Waals surface area contributed by atoms with Crippen molar-refractivity contribution in [2.24, 2.45) is 23.2 Å². The number of aliphatic hydroxyl groups excluding tert-OH is 1. The molecule has 0 radical (unpaired) electrons. The Bertz CT molecular complexity index is 1040. The van der Waals surface area contributed by atoms with Crippen molar-refractivity contribution in [2.45, 2.75) is 52.2 Å². The number of aromatic nitrogens is 2. The van der Waals surface area contributed by atoms with Crippen molar-refractivity contribution in [1.29, 1.82) is 0 Å². The number of fused-ring (bicyclic) bond motifs is 2.